The number of aliphatic imine (C=N–C) groups is 1. The first kappa shape index (κ1) is 21.1. The molecule has 1 saturated heterocycles. The fraction of sp³-hybridized carbons (Fsp3) is 0.381. The maximum Gasteiger partial charge on any atom is 0.274 e. The highest BCUT2D eigenvalue weighted by Crippen LogP contribution is 2.53. The molecule has 4 rings (SSSR count). The summed E-state index contributed by atoms with van der Waals surface area (Å²) in [4.78, 5) is 20.6. The summed E-state index contributed by atoms with van der Waals surface area (Å²) < 4.78 is 55.7. The molecule has 0 bridgehead atoms. The molecule has 31 heavy (non-hydrogen) atoms. The SMILES string of the molecule is COc1ccc(C(=O)Nc2ccc(F)c([C@]34COC[C@@]3(F)C[C@](C)(F)C(N)=N4)c2)nc1. The number of halogens is 3. The highest BCUT2D eigenvalue weighted by molar-refractivity contribution is 6.03. The number of rotatable bonds is 4. The summed E-state index contributed by atoms with van der Waals surface area (Å²) in [5, 5.41) is 2.59. The number of carbonyl (C=O) groups excluding carboxylic acids is 1. The van der Waals surface area contributed by atoms with Gasteiger partial charge < -0.3 is 20.5 Å². The number of amides is 1. The third-order valence-electron chi connectivity index (χ3n) is 5.72. The van der Waals surface area contributed by atoms with Gasteiger partial charge in [0.2, 0.25) is 0 Å². The van der Waals surface area contributed by atoms with E-state index >= 15 is 4.39 Å². The number of amidine groups is 1. The highest BCUT2D eigenvalue weighted by atomic mass is 19.2. The van der Waals surface area contributed by atoms with Crippen molar-refractivity contribution >= 4 is 17.4 Å². The molecule has 0 spiro atoms. The third kappa shape index (κ3) is 3.40. The van der Waals surface area contributed by atoms with Gasteiger partial charge in [0.1, 0.15) is 23.1 Å². The van der Waals surface area contributed by atoms with E-state index in [2.05, 4.69) is 15.3 Å². The number of fused-ring (bicyclic) bond motifs is 1. The number of methoxy groups -OCH3 is 1. The van der Waals surface area contributed by atoms with Crippen LogP contribution in [0.25, 0.3) is 0 Å². The zero-order valence-corrected chi connectivity index (χ0v) is 16.9. The number of nitrogens with zero attached hydrogens (tertiary/aromatic N) is 2. The number of benzene rings is 1. The normalized spacial score (nSPS) is 29.8. The van der Waals surface area contributed by atoms with E-state index in [9.17, 15) is 13.6 Å². The standard InChI is InChI=1S/C21H21F3N4O3/c1-19(23)9-20(24)10-31-11-21(20,28-18(19)25)14-7-12(3-5-15(14)22)27-17(29)16-6-4-13(30-2)8-26-16/h3-8H,9-11H2,1-2H3,(H2,25,28)(H,27,29)/t19-,20-,21+/m0/s1. The number of pyridine rings is 1. The minimum atomic E-state index is -2.31. The Labute approximate surface area is 176 Å². The van der Waals surface area contributed by atoms with Crippen LogP contribution in [0.15, 0.2) is 41.5 Å². The van der Waals surface area contributed by atoms with E-state index in [1.807, 2.05) is 0 Å². The third-order valence-corrected chi connectivity index (χ3v) is 5.72. The summed E-state index contributed by atoms with van der Waals surface area (Å²) in [5.74, 6) is -1.28. The topological polar surface area (TPSA) is 98.8 Å². The van der Waals surface area contributed by atoms with Gasteiger partial charge >= 0.3 is 0 Å². The Hall–Kier alpha value is -3.14. The Morgan fingerprint density at radius 1 is 1.26 bits per heavy atom. The quantitative estimate of drug-likeness (QED) is 0.771. The molecule has 1 aromatic heterocycles. The van der Waals surface area contributed by atoms with Crippen molar-refractivity contribution in [3.8, 4) is 5.75 Å². The van der Waals surface area contributed by atoms with Crippen LogP contribution < -0.4 is 15.8 Å². The molecule has 1 aromatic carbocycles. The zero-order valence-electron chi connectivity index (χ0n) is 16.9. The first-order chi connectivity index (χ1) is 14.6. The van der Waals surface area contributed by atoms with E-state index in [4.69, 9.17) is 15.2 Å². The van der Waals surface area contributed by atoms with E-state index in [-0.39, 0.29) is 23.6 Å². The molecule has 0 unspecified atom stereocenters. The molecule has 0 radical (unpaired) electrons. The van der Waals surface area contributed by atoms with Crippen LogP contribution in [0.1, 0.15) is 29.4 Å². The molecule has 2 aliphatic heterocycles. The van der Waals surface area contributed by atoms with Gasteiger partial charge in [-0.15, -0.1) is 0 Å². The van der Waals surface area contributed by atoms with Crippen molar-refractivity contribution in [1.29, 1.82) is 0 Å². The predicted molar refractivity (Wildman–Crippen MR) is 107 cm³/mol. The van der Waals surface area contributed by atoms with Crippen molar-refractivity contribution in [2.24, 2.45) is 10.7 Å². The van der Waals surface area contributed by atoms with Gasteiger partial charge in [-0.05, 0) is 37.3 Å². The van der Waals surface area contributed by atoms with Crippen LogP contribution in [-0.4, -0.2) is 48.4 Å². The first-order valence-electron chi connectivity index (χ1n) is 9.53. The average molecular weight is 434 g/mol. The molecule has 164 valence electrons. The summed E-state index contributed by atoms with van der Waals surface area (Å²) in [6.07, 6.45) is 0.756. The summed E-state index contributed by atoms with van der Waals surface area (Å²) in [6.45, 7) is 0.369. The van der Waals surface area contributed by atoms with Crippen LogP contribution in [0.3, 0.4) is 0 Å². The van der Waals surface area contributed by atoms with Crippen molar-refractivity contribution in [3.63, 3.8) is 0 Å². The Morgan fingerprint density at radius 2 is 2.03 bits per heavy atom. The number of aromatic nitrogens is 1. The lowest BCUT2D eigenvalue weighted by Gasteiger charge is -2.43. The van der Waals surface area contributed by atoms with Gasteiger partial charge in [0, 0.05) is 17.7 Å². The van der Waals surface area contributed by atoms with E-state index in [0.717, 1.165) is 13.0 Å². The van der Waals surface area contributed by atoms with Crippen LogP contribution in [0.2, 0.25) is 0 Å². The smallest absolute Gasteiger partial charge is 0.274 e. The summed E-state index contributed by atoms with van der Waals surface area (Å²) in [6, 6.07) is 6.69. The molecule has 0 aliphatic carbocycles. The molecule has 1 fully saturated rings. The number of carbonyl (C=O) groups is 1. The van der Waals surface area contributed by atoms with Crippen LogP contribution in [0.5, 0.6) is 5.75 Å². The van der Waals surface area contributed by atoms with Crippen molar-refractivity contribution < 1.29 is 27.4 Å². The molecule has 10 heteroatoms. The lowest BCUT2D eigenvalue weighted by atomic mass is 9.70. The zero-order chi connectivity index (χ0) is 22.4. The van der Waals surface area contributed by atoms with Crippen molar-refractivity contribution in [2.75, 3.05) is 25.6 Å². The lowest BCUT2D eigenvalue weighted by molar-refractivity contribution is 0.0234. The van der Waals surface area contributed by atoms with Gasteiger partial charge in [-0.1, -0.05) is 0 Å². The summed E-state index contributed by atoms with van der Waals surface area (Å²) in [5.41, 5.74) is -0.477. The van der Waals surface area contributed by atoms with Crippen LogP contribution in [-0.2, 0) is 10.3 Å². The second-order valence-electron chi connectivity index (χ2n) is 7.92. The van der Waals surface area contributed by atoms with Crippen molar-refractivity contribution in [1.82, 2.24) is 4.98 Å². The number of nitrogens with two attached hydrogens (primary N) is 1. The Morgan fingerprint density at radius 3 is 2.71 bits per heavy atom. The number of hydrogen-bond acceptors (Lipinski definition) is 6. The predicted octanol–water partition coefficient (Wildman–Crippen LogP) is 2.90. The second-order valence-corrected chi connectivity index (χ2v) is 7.92. The first-order valence-corrected chi connectivity index (χ1v) is 9.53. The fourth-order valence-corrected chi connectivity index (χ4v) is 4.01. The molecule has 1 amide bonds. The molecular weight excluding hydrogens is 413 g/mol. The Balaban J connectivity index is 1.71. The summed E-state index contributed by atoms with van der Waals surface area (Å²) >= 11 is 0. The minimum absolute atomic E-state index is 0.0991. The molecule has 2 aromatic rings. The Bertz CT molecular complexity index is 1060. The van der Waals surface area contributed by atoms with Gasteiger partial charge in [-0.3, -0.25) is 9.79 Å². The maximum atomic E-state index is 15.9. The minimum Gasteiger partial charge on any atom is -0.495 e. The molecule has 2 aliphatic rings. The molecule has 3 atom stereocenters. The van der Waals surface area contributed by atoms with E-state index in [1.165, 1.54) is 31.5 Å². The number of nitrogens with one attached hydrogen (secondary N) is 1. The van der Waals surface area contributed by atoms with Crippen molar-refractivity contribution in [3.05, 3.63) is 53.6 Å². The average Bonchev–Trinajstić information content (AvgIpc) is 3.05. The molecule has 3 heterocycles. The van der Waals surface area contributed by atoms with E-state index in [0.29, 0.717) is 5.75 Å². The van der Waals surface area contributed by atoms with Crippen LogP contribution >= 0.6 is 0 Å². The molecular formula is C21H21F3N4O3. The fourth-order valence-electron chi connectivity index (χ4n) is 4.01. The lowest BCUT2D eigenvalue weighted by Crippen LogP contribution is -2.58. The van der Waals surface area contributed by atoms with Crippen LogP contribution in [0, 0.1) is 5.82 Å². The molecule has 0 saturated carbocycles. The molecule has 3 N–H and O–H groups in total. The van der Waals surface area contributed by atoms with Gasteiger partial charge in [0.15, 0.2) is 16.9 Å². The summed E-state index contributed by atoms with van der Waals surface area (Å²) in [7, 11) is 1.47. The van der Waals surface area contributed by atoms with Gasteiger partial charge in [-0.2, -0.15) is 0 Å². The second kappa shape index (κ2) is 7.23. The van der Waals surface area contributed by atoms with Crippen LogP contribution in [0.4, 0.5) is 18.9 Å². The number of alkyl halides is 2. The highest BCUT2D eigenvalue weighted by Gasteiger charge is 2.65. The largest absolute Gasteiger partial charge is 0.495 e. The Kier molecular flexibility index (Phi) is 4.92. The van der Waals surface area contributed by atoms with E-state index < -0.39 is 47.5 Å². The van der Waals surface area contributed by atoms with Gasteiger partial charge in [-0.25, -0.2) is 18.2 Å². The van der Waals surface area contributed by atoms with E-state index in [1.54, 1.807) is 6.07 Å². The monoisotopic (exact) mass is 434 g/mol. The number of anilines is 1. The maximum absolute atomic E-state index is 15.9. The van der Waals surface area contributed by atoms with Gasteiger partial charge in [0.25, 0.3) is 5.91 Å². The van der Waals surface area contributed by atoms with Crippen molar-refractivity contribution in [2.45, 2.75) is 30.2 Å². The number of ether oxygens (including phenoxy) is 2. The number of hydrogen-bond donors (Lipinski definition) is 2. The molecule has 7 nitrogen and oxygen atoms in total. The van der Waals surface area contributed by atoms with Gasteiger partial charge in [0.05, 0.1) is 26.5 Å².